The third kappa shape index (κ3) is 4.41. The van der Waals surface area contributed by atoms with Crippen LogP contribution in [0.4, 0.5) is 5.69 Å². The van der Waals surface area contributed by atoms with Gasteiger partial charge in [0.2, 0.25) is 5.91 Å². The highest BCUT2D eigenvalue weighted by molar-refractivity contribution is 5.92. The van der Waals surface area contributed by atoms with Crippen LogP contribution in [0.2, 0.25) is 0 Å². The first kappa shape index (κ1) is 13.5. The summed E-state index contributed by atoms with van der Waals surface area (Å²) in [5.74, 6) is -0.0299. The first-order chi connectivity index (χ1) is 8.17. The molecule has 1 aromatic carbocycles. The van der Waals surface area contributed by atoms with Gasteiger partial charge < -0.3 is 10.6 Å². The lowest BCUT2D eigenvalue weighted by Gasteiger charge is -2.09. The molecule has 2 N–H and O–H groups in total. The van der Waals surface area contributed by atoms with E-state index in [2.05, 4.69) is 31.1 Å². The number of hydrogen-bond donors (Lipinski definition) is 2. The lowest BCUT2D eigenvalue weighted by molar-refractivity contribution is -0.115. The van der Waals surface area contributed by atoms with Gasteiger partial charge in [-0.1, -0.05) is 19.1 Å². The summed E-state index contributed by atoms with van der Waals surface area (Å²) in [4.78, 5) is 11.6. The smallest absolute Gasteiger partial charge is 0.238 e. The molecule has 0 unspecified atom stereocenters. The van der Waals surface area contributed by atoms with Gasteiger partial charge in [0.05, 0.1) is 6.54 Å². The van der Waals surface area contributed by atoms with Gasteiger partial charge in [-0.3, -0.25) is 4.79 Å². The van der Waals surface area contributed by atoms with E-state index in [1.165, 1.54) is 11.1 Å². The molecule has 0 saturated heterocycles. The predicted molar refractivity (Wildman–Crippen MR) is 72.3 cm³/mol. The standard InChI is InChI=1S/C14H20N2O/c1-4-8-15-10-14(17)16-13-7-6-11(3)12(5-2)9-13/h4,6-7,9,15H,1,5,8,10H2,2-3H3,(H,16,17). The third-order valence-corrected chi connectivity index (χ3v) is 2.59. The number of hydrogen-bond acceptors (Lipinski definition) is 2. The zero-order chi connectivity index (χ0) is 12.7. The Labute approximate surface area is 103 Å². The van der Waals surface area contributed by atoms with Crippen molar-refractivity contribution in [3.8, 4) is 0 Å². The van der Waals surface area contributed by atoms with Crippen LogP contribution in [0.25, 0.3) is 0 Å². The van der Waals surface area contributed by atoms with E-state index >= 15 is 0 Å². The maximum absolute atomic E-state index is 11.6. The highest BCUT2D eigenvalue weighted by Gasteiger charge is 2.03. The first-order valence-electron chi connectivity index (χ1n) is 5.88. The summed E-state index contributed by atoms with van der Waals surface area (Å²) < 4.78 is 0. The molecule has 0 aliphatic carbocycles. The Balaban J connectivity index is 2.56. The van der Waals surface area contributed by atoms with Crippen LogP contribution in [0.15, 0.2) is 30.9 Å². The van der Waals surface area contributed by atoms with Crippen LogP contribution in [0.3, 0.4) is 0 Å². The summed E-state index contributed by atoms with van der Waals surface area (Å²) in [6, 6.07) is 5.99. The molecule has 1 rings (SSSR count). The van der Waals surface area contributed by atoms with Gasteiger partial charge in [-0.15, -0.1) is 6.58 Å². The average Bonchev–Trinajstić information content (AvgIpc) is 2.32. The highest BCUT2D eigenvalue weighted by atomic mass is 16.1. The molecule has 92 valence electrons. The molecule has 3 nitrogen and oxygen atoms in total. The Kier molecular flexibility index (Phi) is 5.43. The fourth-order valence-electron chi connectivity index (χ4n) is 1.62. The summed E-state index contributed by atoms with van der Waals surface area (Å²) >= 11 is 0. The Morgan fingerprint density at radius 3 is 2.88 bits per heavy atom. The fraction of sp³-hybridized carbons (Fsp3) is 0.357. The van der Waals surface area contributed by atoms with Gasteiger partial charge in [0.15, 0.2) is 0 Å². The Bertz CT molecular complexity index is 399. The van der Waals surface area contributed by atoms with Crippen LogP contribution < -0.4 is 10.6 Å². The van der Waals surface area contributed by atoms with Crippen molar-refractivity contribution in [3.05, 3.63) is 42.0 Å². The number of aryl methyl sites for hydroxylation is 2. The zero-order valence-corrected chi connectivity index (χ0v) is 10.5. The number of anilines is 1. The van der Waals surface area contributed by atoms with E-state index in [0.29, 0.717) is 13.1 Å². The van der Waals surface area contributed by atoms with Crippen LogP contribution in [0, 0.1) is 6.92 Å². The Morgan fingerprint density at radius 1 is 1.47 bits per heavy atom. The van der Waals surface area contributed by atoms with Crippen LogP contribution in [-0.2, 0) is 11.2 Å². The van der Waals surface area contributed by atoms with Gasteiger partial charge in [0.1, 0.15) is 0 Å². The van der Waals surface area contributed by atoms with Crippen molar-refractivity contribution in [1.82, 2.24) is 5.32 Å². The highest BCUT2D eigenvalue weighted by Crippen LogP contribution is 2.15. The van der Waals surface area contributed by atoms with Crippen molar-refractivity contribution in [1.29, 1.82) is 0 Å². The normalized spacial score (nSPS) is 10.0. The van der Waals surface area contributed by atoms with E-state index in [4.69, 9.17) is 0 Å². The topological polar surface area (TPSA) is 41.1 Å². The number of rotatable bonds is 6. The van der Waals surface area contributed by atoms with Crippen molar-refractivity contribution in [2.75, 3.05) is 18.4 Å². The van der Waals surface area contributed by atoms with E-state index in [0.717, 1.165) is 12.1 Å². The maximum atomic E-state index is 11.6. The molecule has 0 aromatic heterocycles. The predicted octanol–water partition coefficient (Wildman–Crippen LogP) is 2.27. The molecule has 1 aromatic rings. The van der Waals surface area contributed by atoms with E-state index < -0.39 is 0 Å². The molecule has 0 atom stereocenters. The average molecular weight is 232 g/mol. The largest absolute Gasteiger partial charge is 0.325 e. The molecule has 1 amide bonds. The number of nitrogens with one attached hydrogen (secondary N) is 2. The number of amides is 1. The summed E-state index contributed by atoms with van der Waals surface area (Å²) in [5, 5.41) is 5.83. The van der Waals surface area contributed by atoms with Gasteiger partial charge in [-0.25, -0.2) is 0 Å². The zero-order valence-electron chi connectivity index (χ0n) is 10.5. The quantitative estimate of drug-likeness (QED) is 0.583. The van der Waals surface area contributed by atoms with E-state index in [1.54, 1.807) is 6.08 Å². The minimum atomic E-state index is -0.0299. The summed E-state index contributed by atoms with van der Waals surface area (Å²) in [6.45, 7) is 8.72. The fourth-order valence-corrected chi connectivity index (χ4v) is 1.62. The second-order valence-corrected chi connectivity index (χ2v) is 3.96. The minimum absolute atomic E-state index is 0.0299. The summed E-state index contributed by atoms with van der Waals surface area (Å²) in [5.41, 5.74) is 3.38. The molecule has 0 aliphatic heterocycles. The lowest BCUT2D eigenvalue weighted by atomic mass is 10.1. The number of benzene rings is 1. The number of carbonyl (C=O) groups is 1. The van der Waals surface area contributed by atoms with Crippen LogP contribution in [-0.4, -0.2) is 19.0 Å². The Hall–Kier alpha value is -1.61. The van der Waals surface area contributed by atoms with Crippen LogP contribution in [0.5, 0.6) is 0 Å². The summed E-state index contributed by atoms with van der Waals surface area (Å²) in [6.07, 6.45) is 2.71. The minimum Gasteiger partial charge on any atom is -0.325 e. The van der Waals surface area contributed by atoms with Gasteiger partial charge in [0.25, 0.3) is 0 Å². The SMILES string of the molecule is C=CCNCC(=O)Nc1ccc(C)c(CC)c1. The Morgan fingerprint density at radius 2 is 2.24 bits per heavy atom. The first-order valence-corrected chi connectivity index (χ1v) is 5.88. The molecule has 0 saturated carbocycles. The second-order valence-electron chi connectivity index (χ2n) is 3.96. The third-order valence-electron chi connectivity index (χ3n) is 2.59. The molecule has 0 bridgehead atoms. The molecule has 0 heterocycles. The van der Waals surface area contributed by atoms with Gasteiger partial charge in [-0.05, 0) is 36.6 Å². The van der Waals surface area contributed by atoms with Gasteiger partial charge in [-0.2, -0.15) is 0 Å². The molecule has 0 aliphatic rings. The molecule has 3 heteroatoms. The second kappa shape index (κ2) is 6.86. The maximum Gasteiger partial charge on any atom is 0.238 e. The molecule has 0 radical (unpaired) electrons. The van der Waals surface area contributed by atoms with Crippen molar-refractivity contribution in [2.24, 2.45) is 0 Å². The van der Waals surface area contributed by atoms with E-state index in [1.807, 2.05) is 18.2 Å². The van der Waals surface area contributed by atoms with Crippen molar-refractivity contribution in [2.45, 2.75) is 20.3 Å². The summed E-state index contributed by atoms with van der Waals surface area (Å²) in [7, 11) is 0. The monoisotopic (exact) mass is 232 g/mol. The van der Waals surface area contributed by atoms with Gasteiger partial charge in [0, 0.05) is 12.2 Å². The van der Waals surface area contributed by atoms with Gasteiger partial charge >= 0.3 is 0 Å². The van der Waals surface area contributed by atoms with Crippen molar-refractivity contribution in [3.63, 3.8) is 0 Å². The van der Waals surface area contributed by atoms with E-state index in [-0.39, 0.29) is 5.91 Å². The van der Waals surface area contributed by atoms with Crippen molar-refractivity contribution >= 4 is 11.6 Å². The molecule has 17 heavy (non-hydrogen) atoms. The van der Waals surface area contributed by atoms with E-state index in [9.17, 15) is 4.79 Å². The molecular formula is C14H20N2O. The number of carbonyl (C=O) groups excluding carboxylic acids is 1. The molecule has 0 fully saturated rings. The lowest BCUT2D eigenvalue weighted by Crippen LogP contribution is -2.28. The van der Waals surface area contributed by atoms with Crippen LogP contribution >= 0.6 is 0 Å². The van der Waals surface area contributed by atoms with Crippen LogP contribution in [0.1, 0.15) is 18.1 Å². The molecular weight excluding hydrogens is 212 g/mol. The van der Waals surface area contributed by atoms with Crippen molar-refractivity contribution < 1.29 is 4.79 Å². The molecule has 0 spiro atoms.